The zero-order valence-corrected chi connectivity index (χ0v) is 10.1. The highest BCUT2D eigenvalue weighted by Crippen LogP contribution is 2.28. The number of carbonyl (C=O) groups is 1. The first-order chi connectivity index (χ1) is 8.13. The number of carbonyl (C=O) groups excluding carboxylic acids is 1. The van der Waals surface area contributed by atoms with E-state index >= 15 is 0 Å². The summed E-state index contributed by atoms with van der Waals surface area (Å²) < 4.78 is 1.59. The maximum Gasteiger partial charge on any atom is 0.273 e. The molecule has 0 bridgehead atoms. The molecule has 1 saturated carbocycles. The van der Waals surface area contributed by atoms with Crippen molar-refractivity contribution >= 4 is 5.91 Å². The zero-order valence-electron chi connectivity index (χ0n) is 10.1. The van der Waals surface area contributed by atoms with Crippen molar-refractivity contribution in [2.45, 2.75) is 44.7 Å². The zero-order chi connectivity index (χ0) is 12.3. The molecule has 0 spiro atoms. The summed E-state index contributed by atoms with van der Waals surface area (Å²) >= 11 is 0. The van der Waals surface area contributed by atoms with Gasteiger partial charge in [-0.1, -0.05) is 18.1 Å². The van der Waals surface area contributed by atoms with Crippen molar-refractivity contribution in [2.24, 2.45) is 5.73 Å². The fourth-order valence-corrected chi connectivity index (χ4v) is 2.26. The van der Waals surface area contributed by atoms with Gasteiger partial charge in [-0.15, -0.1) is 5.10 Å². The van der Waals surface area contributed by atoms with Gasteiger partial charge >= 0.3 is 0 Å². The maximum atomic E-state index is 12.0. The monoisotopic (exact) mass is 237 g/mol. The molecule has 1 heterocycles. The molecule has 2 rings (SSSR count). The average molecular weight is 237 g/mol. The van der Waals surface area contributed by atoms with E-state index in [0.29, 0.717) is 18.8 Å². The second-order valence-corrected chi connectivity index (χ2v) is 4.88. The Labute approximate surface area is 101 Å². The molecule has 3 N–H and O–H groups in total. The lowest BCUT2D eigenvalue weighted by atomic mass is 10.0. The van der Waals surface area contributed by atoms with Crippen LogP contribution in [0.3, 0.4) is 0 Å². The molecule has 0 unspecified atom stereocenters. The van der Waals surface area contributed by atoms with Crippen LogP contribution in [0.5, 0.6) is 0 Å². The van der Waals surface area contributed by atoms with Gasteiger partial charge in [0, 0.05) is 12.1 Å². The molecule has 0 radical (unpaired) electrons. The van der Waals surface area contributed by atoms with E-state index in [1.54, 1.807) is 10.9 Å². The molecule has 94 valence electrons. The van der Waals surface area contributed by atoms with Crippen molar-refractivity contribution in [2.75, 3.05) is 6.54 Å². The van der Waals surface area contributed by atoms with Gasteiger partial charge in [-0.2, -0.15) is 0 Å². The Morgan fingerprint density at radius 2 is 2.29 bits per heavy atom. The molecular formula is C11H19N5O. The topological polar surface area (TPSA) is 85.8 Å². The molecule has 1 aliphatic rings. The Morgan fingerprint density at radius 3 is 2.94 bits per heavy atom. The Bertz CT molecular complexity index is 394. The lowest BCUT2D eigenvalue weighted by Gasteiger charge is -2.24. The van der Waals surface area contributed by atoms with Crippen LogP contribution in [-0.2, 0) is 6.54 Å². The minimum Gasteiger partial charge on any atom is -0.345 e. The van der Waals surface area contributed by atoms with Crippen LogP contribution in [0.25, 0.3) is 0 Å². The molecule has 17 heavy (non-hydrogen) atoms. The van der Waals surface area contributed by atoms with Crippen molar-refractivity contribution in [1.29, 1.82) is 0 Å². The summed E-state index contributed by atoms with van der Waals surface area (Å²) in [6, 6.07) is 0. The van der Waals surface area contributed by atoms with E-state index in [9.17, 15) is 4.79 Å². The third kappa shape index (κ3) is 2.82. The summed E-state index contributed by atoms with van der Waals surface area (Å²) in [5.74, 6) is -0.141. The number of hydrogen-bond donors (Lipinski definition) is 2. The Morgan fingerprint density at radius 1 is 1.59 bits per heavy atom. The fraction of sp³-hybridized carbons (Fsp3) is 0.727. The molecule has 6 heteroatoms. The molecule has 0 aliphatic heterocycles. The summed E-state index contributed by atoms with van der Waals surface area (Å²) in [6.07, 6.45) is 6.07. The molecule has 6 nitrogen and oxygen atoms in total. The number of hydrogen-bond acceptors (Lipinski definition) is 4. The highest BCUT2D eigenvalue weighted by molar-refractivity contribution is 5.92. The quantitative estimate of drug-likeness (QED) is 0.788. The summed E-state index contributed by atoms with van der Waals surface area (Å²) in [5, 5.41) is 10.7. The van der Waals surface area contributed by atoms with Gasteiger partial charge in [0.1, 0.15) is 0 Å². The highest BCUT2D eigenvalue weighted by atomic mass is 16.2. The van der Waals surface area contributed by atoms with E-state index in [1.807, 2.05) is 0 Å². The van der Waals surface area contributed by atoms with Gasteiger partial charge in [-0.25, -0.2) is 0 Å². The molecule has 0 aromatic carbocycles. The number of nitrogens with zero attached hydrogens (tertiary/aromatic N) is 3. The minimum absolute atomic E-state index is 0.0747. The predicted octanol–water partition coefficient (Wildman–Crippen LogP) is 0.299. The number of aromatic nitrogens is 3. The third-order valence-electron chi connectivity index (χ3n) is 3.25. The van der Waals surface area contributed by atoms with Crippen molar-refractivity contribution in [3.8, 4) is 0 Å². The lowest BCUT2D eigenvalue weighted by molar-refractivity contribution is 0.0903. The summed E-state index contributed by atoms with van der Waals surface area (Å²) in [4.78, 5) is 12.0. The molecule has 1 aliphatic carbocycles. The van der Waals surface area contributed by atoms with Crippen LogP contribution >= 0.6 is 0 Å². The standard InChI is InChI=1S/C11H19N5O/c1-11(4-2-3-5-11)13-10(17)9-8-16(7-6-12)15-14-9/h8H,2-7,12H2,1H3,(H,13,17). The van der Waals surface area contributed by atoms with Crippen LogP contribution in [0.1, 0.15) is 43.1 Å². The van der Waals surface area contributed by atoms with Crippen molar-refractivity contribution in [3.63, 3.8) is 0 Å². The smallest absolute Gasteiger partial charge is 0.273 e. The SMILES string of the molecule is CC1(NC(=O)c2cn(CCN)nn2)CCCC1. The Hall–Kier alpha value is -1.43. The van der Waals surface area contributed by atoms with Crippen LogP contribution in [0.4, 0.5) is 0 Å². The summed E-state index contributed by atoms with van der Waals surface area (Å²) in [5.41, 5.74) is 5.70. The first kappa shape index (κ1) is 12.0. The molecule has 0 saturated heterocycles. The van der Waals surface area contributed by atoms with E-state index in [0.717, 1.165) is 12.8 Å². The van der Waals surface area contributed by atoms with Crippen LogP contribution in [0, 0.1) is 0 Å². The van der Waals surface area contributed by atoms with Gasteiger partial charge in [0.05, 0.1) is 12.7 Å². The molecule has 1 aromatic rings. The second-order valence-electron chi connectivity index (χ2n) is 4.88. The van der Waals surface area contributed by atoms with E-state index in [2.05, 4.69) is 22.6 Å². The van der Waals surface area contributed by atoms with Gasteiger partial charge in [-0.05, 0) is 19.8 Å². The minimum atomic E-state index is -0.141. The van der Waals surface area contributed by atoms with Crippen molar-refractivity contribution < 1.29 is 4.79 Å². The Balaban J connectivity index is 1.98. The largest absolute Gasteiger partial charge is 0.345 e. The van der Waals surface area contributed by atoms with E-state index in [-0.39, 0.29) is 11.4 Å². The average Bonchev–Trinajstić information content (AvgIpc) is 2.88. The summed E-state index contributed by atoms with van der Waals surface area (Å²) in [7, 11) is 0. The molecule has 1 amide bonds. The van der Waals surface area contributed by atoms with Gasteiger partial charge < -0.3 is 11.1 Å². The van der Waals surface area contributed by atoms with Crippen LogP contribution in [0.2, 0.25) is 0 Å². The van der Waals surface area contributed by atoms with E-state index in [4.69, 9.17) is 5.73 Å². The molecule has 0 atom stereocenters. The normalized spacial score (nSPS) is 18.2. The summed E-state index contributed by atoms with van der Waals surface area (Å²) in [6.45, 7) is 3.15. The van der Waals surface area contributed by atoms with Crippen molar-refractivity contribution in [3.05, 3.63) is 11.9 Å². The maximum absolute atomic E-state index is 12.0. The number of nitrogens with one attached hydrogen (secondary N) is 1. The number of amides is 1. The van der Waals surface area contributed by atoms with Gasteiger partial charge in [0.2, 0.25) is 0 Å². The van der Waals surface area contributed by atoms with Gasteiger partial charge in [0.25, 0.3) is 5.91 Å². The first-order valence-corrected chi connectivity index (χ1v) is 6.06. The lowest BCUT2D eigenvalue weighted by Crippen LogP contribution is -2.43. The number of nitrogens with two attached hydrogens (primary N) is 1. The van der Waals surface area contributed by atoms with Crippen LogP contribution in [0.15, 0.2) is 6.20 Å². The molecule has 1 aromatic heterocycles. The van der Waals surface area contributed by atoms with Gasteiger partial charge in [-0.3, -0.25) is 9.48 Å². The Kier molecular flexibility index (Phi) is 3.42. The molecule has 1 fully saturated rings. The molecular weight excluding hydrogens is 218 g/mol. The third-order valence-corrected chi connectivity index (χ3v) is 3.25. The van der Waals surface area contributed by atoms with Crippen LogP contribution in [-0.4, -0.2) is 33.0 Å². The van der Waals surface area contributed by atoms with Crippen molar-refractivity contribution in [1.82, 2.24) is 20.3 Å². The van der Waals surface area contributed by atoms with Gasteiger partial charge in [0.15, 0.2) is 5.69 Å². The predicted molar refractivity (Wildman–Crippen MR) is 63.4 cm³/mol. The van der Waals surface area contributed by atoms with E-state index < -0.39 is 0 Å². The highest BCUT2D eigenvalue weighted by Gasteiger charge is 2.31. The number of rotatable bonds is 4. The first-order valence-electron chi connectivity index (χ1n) is 6.06. The van der Waals surface area contributed by atoms with E-state index in [1.165, 1.54) is 12.8 Å². The van der Waals surface area contributed by atoms with Crippen LogP contribution < -0.4 is 11.1 Å². The fourth-order valence-electron chi connectivity index (χ4n) is 2.26. The second kappa shape index (κ2) is 4.83.